The molecule has 5 nitrogen and oxygen atoms in total. The number of nitrogens with zero attached hydrogens (tertiary/aromatic N) is 2. The molecule has 0 spiro atoms. The number of benzene rings is 1. The number of hydrogen-bond donors (Lipinski definition) is 2. The van der Waals surface area contributed by atoms with Crippen LogP contribution >= 0.6 is 0 Å². The molecule has 2 N–H and O–H groups in total. The van der Waals surface area contributed by atoms with E-state index in [1.165, 1.54) is 0 Å². The van der Waals surface area contributed by atoms with Crippen molar-refractivity contribution >= 4 is 16.8 Å². The van der Waals surface area contributed by atoms with Gasteiger partial charge in [0.1, 0.15) is 0 Å². The van der Waals surface area contributed by atoms with Gasteiger partial charge in [0.05, 0.1) is 11.7 Å². The minimum absolute atomic E-state index is 0.126. The molecule has 2 heterocycles. The summed E-state index contributed by atoms with van der Waals surface area (Å²) in [6.07, 6.45) is 3.92. The molecule has 1 atom stereocenters. The zero-order valence-corrected chi connectivity index (χ0v) is 11.0. The van der Waals surface area contributed by atoms with Crippen LogP contribution < -0.4 is 5.32 Å². The number of aromatic nitrogens is 2. The Kier molecular flexibility index (Phi) is 3.21. The summed E-state index contributed by atoms with van der Waals surface area (Å²) in [5.41, 5.74) is 1.71. The largest absolute Gasteiger partial charge is 0.334 e. The summed E-state index contributed by atoms with van der Waals surface area (Å²) >= 11 is 0. The van der Waals surface area contributed by atoms with E-state index in [4.69, 9.17) is 0 Å². The third kappa shape index (κ3) is 2.21. The molecule has 0 saturated carbocycles. The Balaban J connectivity index is 1.86. The first-order chi connectivity index (χ1) is 9.29. The number of carbonyl (C=O) groups excluding carboxylic acids is 1. The second-order valence-corrected chi connectivity index (χ2v) is 5.02. The number of nitrogens with one attached hydrogen (secondary N) is 2. The summed E-state index contributed by atoms with van der Waals surface area (Å²) in [6.45, 7) is 1.72. The first kappa shape index (κ1) is 12.2. The summed E-state index contributed by atoms with van der Waals surface area (Å²) < 4.78 is 0. The Hall–Kier alpha value is -1.88. The first-order valence-electron chi connectivity index (χ1n) is 6.68. The predicted octanol–water partition coefficient (Wildman–Crippen LogP) is 1.39. The van der Waals surface area contributed by atoms with Crippen LogP contribution in [0.1, 0.15) is 23.2 Å². The van der Waals surface area contributed by atoms with Gasteiger partial charge in [-0.25, -0.2) is 0 Å². The summed E-state index contributed by atoms with van der Waals surface area (Å²) in [4.78, 5) is 14.5. The minimum atomic E-state index is 0.126. The lowest BCUT2D eigenvalue weighted by molar-refractivity contribution is 0.0737. The molecule has 19 heavy (non-hydrogen) atoms. The minimum Gasteiger partial charge on any atom is -0.334 e. The van der Waals surface area contributed by atoms with Crippen molar-refractivity contribution in [3.8, 4) is 0 Å². The molecule has 1 aliphatic rings. The zero-order valence-electron chi connectivity index (χ0n) is 11.0. The lowest BCUT2D eigenvalue weighted by atomic mass is 10.1. The number of likely N-dealkylation sites (N-methyl/N-ethyl adjacent to an activating group) is 1. The Bertz CT molecular complexity index is 592. The van der Waals surface area contributed by atoms with Gasteiger partial charge in [-0.15, -0.1) is 0 Å². The van der Waals surface area contributed by atoms with E-state index in [1.807, 2.05) is 30.1 Å². The molecule has 0 aliphatic carbocycles. The van der Waals surface area contributed by atoms with Crippen molar-refractivity contribution in [1.82, 2.24) is 20.4 Å². The van der Waals surface area contributed by atoms with E-state index in [-0.39, 0.29) is 5.91 Å². The Morgan fingerprint density at radius 1 is 1.58 bits per heavy atom. The van der Waals surface area contributed by atoms with E-state index in [9.17, 15) is 4.79 Å². The smallest absolute Gasteiger partial charge is 0.254 e. The van der Waals surface area contributed by atoms with Crippen LogP contribution in [0.3, 0.4) is 0 Å². The molecular formula is C14H18N4O. The average Bonchev–Trinajstić information content (AvgIpc) is 3.05. The molecule has 1 aromatic heterocycles. The highest BCUT2D eigenvalue weighted by molar-refractivity contribution is 5.98. The third-order valence-electron chi connectivity index (χ3n) is 3.76. The highest BCUT2D eigenvalue weighted by Gasteiger charge is 2.28. The summed E-state index contributed by atoms with van der Waals surface area (Å²) in [5.74, 6) is 0.126. The molecular weight excluding hydrogens is 240 g/mol. The van der Waals surface area contributed by atoms with Gasteiger partial charge in [-0.3, -0.25) is 9.89 Å². The van der Waals surface area contributed by atoms with Crippen LogP contribution in [0.2, 0.25) is 0 Å². The van der Waals surface area contributed by atoms with Crippen molar-refractivity contribution in [2.75, 3.05) is 20.1 Å². The number of aromatic amines is 1. The van der Waals surface area contributed by atoms with Gasteiger partial charge in [0, 0.05) is 30.1 Å². The number of carbonyl (C=O) groups is 1. The lowest BCUT2D eigenvalue weighted by Gasteiger charge is -2.24. The molecule has 1 saturated heterocycles. The summed E-state index contributed by atoms with van der Waals surface area (Å²) in [6, 6.07) is 6.02. The van der Waals surface area contributed by atoms with Gasteiger partial charge in [0.25, 0.3) is 5.91 Å². The van der Waals surface area contributed by atoms with Crippen LogP contribution in [0.15, 0.2) is 24.4 Å². The molecule has 1 aliphatic heterocycles. The normalized spacial score (nSPS) is 19.2. The monoisotopic (exact) mass is 258 g/mol. The van der Waals surface area contributed by atoms with E-state index in [0.717, 1.165) is 42.4 Å². The molecule has 1 aromatic carbocycles. The van der Waals surface area contributed by atoms with Crippen molar-refractivity contribution in [2.24, 2.45) is 0 Å². The van der Waals surface area contributed by atoms with Crippen molar-refractivity contribution < 1.29 is 4.79 Å². The molecule has 2 aromatic rings. The molecule has 0 bridgehead atoms. The van der Waals surface area contributed by atoms with Gasteiger partial charge in [-0.2, -0.15) is 5.10 Å². The van der Waals surface area contributed by atoms with Gasteiger partial charge >= 0.3 is 0 Å². The van der Waals surface area contributed by atoms with Crippen LogP contribution in [-0.4, -0.2) is 47.2 Å². The molecule has 100 valence electrons. The third-order valence-corrected chi connectivity index (χ3v) is 3.76. The maximum atomic E-state index is 12.6. The lowest BCUT2D eigenvalue weighted by Crippen LogP contribution is -2.40. The first-order valence-corrected chi connectivity index (χ1v) is 6.68. The van der Waals surface area contributed by atoms with Crippen molar-refractivity contribution in [1.29, 1.82) is 0 Å². The van der Waals surface area contributed by atoms with E-state index in [2.05, 4.69) is 15.5 Å². The van der Waals surface area contributed by atoms with Gasteiger partial charge in [0.2, 0.25) is 0 Å². The van der Waals surface area contributed by atoms with E-state index in [0.29, 0.717) is 6.04 Å². The van der Waals surface area contributed by atoms with Crippen LogP contribution in [0, 0.1) is 0 Å². The number of H-pyrrole nitrogens is 1. The second-order valence-electron chi connectivity index (χ2n) is 5.02. The quantitative estimate of drug-likeness (QED) is 0.874. The maximum Gasteiger partial charge on any atom is 0.254 e. The molecule has 1 unspecified atom stereocenters. The van der Waals surface area contributed by atoms with Crippen LogP contribution in [0.25, 0.3) is 10.9 Å². The highest BCUT2D eigenvalue weighted by atomic mass is 16.2. The molecule has 1 fully saturated rings. The fourth-order valence-corrected chi connectivity index (χ4v) is 2.79. The number of rotatable bonds is 3. The Morgan fingerprint density at radius 3 is 3.32 bits per heavy atom. The fourth-order valence-electron chi connectivity index (χ4n) is 2.79. The molecule has 3 rings (SSSR count). The van der Waals surface area contributed by atoms with Crippen LogP contribution in [0.5, 0.6) is 0 Å². The summed E-state index contributed by atoms with van der Waals surface area (Å²) in [7, 11) is 1.93. The molecule has 5 heteroatoms. The van der Waals surface area contributed by atoms with Crippen molar-refractivity contribution in [2.45, 2.75) is 18.9 Å². The Labute approximate surface area is 112 Å². The second kappa shape index (κ2) is 5.01. The fraction of sp³-hybridized carbons (Fsp3) is 0.429. The van der Waals surface area contributed by atoms with Crippen LogP contribution in [-0.2, 0) is 0 Å². The van der Waals surface area contributed by atoms with Crippen molar-refractivity contribution in [3.63, 3.8) is 0 Å². The highest BCUT2D eigenvalue weighted by Crippen LogP contribution is 2.21. The van der Waals surface area contributed by atoms with Gasteiger partial charge in [-0.05, 0) is 38.1 Å². The van der Waals surface area contributed by atoms with Crippen molar-refractivity contribution in [3.05, 3.63) is 30.0 Å². The van der Waals surface area contributed by atoms with Crippen LogP contribution in [0.4, 0.5) is 0 Å². The number of hydrogen-bond acceptors (Lipinski definition) is 3. The van der Waals surface area contributed by atoms with Gasteiger partial charge < -0.3 is 10.2 Å². The SMILES string of the molecule is CNCC1CCCN1C(=O)c1ccc2[nH]ncc2c1. The predicted molar refractivity (Wildman–Crippen MR) is 74.1 cm³/mol. The number of amides is 1. The zero-order chi connectivity index (χ0) is 13.2. The summed E-state index contributed by atoms with van der Waals surface area (Å²) in [5, 5.41) is 11.0. The molecule has 0 radical (unpaired) electrons. The maximum absolute atomic E-state index is 12.6. The van der Waals surface area contributed by atoms with E-state index in [1.54, 1.807) is 6.20 Å². The van der Waals surface area contributed by atoms with E-state index < -0.39 is 0 Å². The number of likely N-dealkylation sites (tertiary alicyclic amines) is 1. The molecule has 1 amide bonds. The topological polar surface area (TPSA) is 61.0 Å². The van der Waals surface area contributed by atoms with E-state index >= 15 is 0 Å². The van der Waals surface area contributed by atoms with Gasteiger partial charge in [0.15, 0.2) is 0 Å². The average molecular weight is 258 g/mol. The number of fused-ring (bicyclic) bond motifs is 1. The van der Waals surface area contributed by atoms with Gasteiger partial charge in [-0.1, -0.05) is 0 Å². The standard InChI is InChI=1S/C14H18N4O/c1-15-9-12-3-2-6-18(12)14(19)10-4-5-13-11(7-10)8-16-17-13/h4-5,7-8,12,15H,2-3,6,9H2,1H3,(H,16,17). The Morgan fingerprint density at radius 2 is 2.47 bits per heavy atom.